The summed E-state index contributed by atoms with van der Waals surface area (Å²) in [4.78, 5) is 5.03. The lowest BCUT2D eigenvalue weighted by atomic mass is 10.2. The number of hydrogen-bond acceptors (Lipinski definition) is 6. The van der Waals surface area contributed by atoms with Gasteiger partial charge in [-0.1, -0.05) is 30.7 Å². The van der Waals surface area contributed by atoms with Crippen molar-refractivity contribution >= 4 is 10.0 Å². The summed E-state index contributed by atoms with van der Waals surface area (Å²) >= 11 is 0. The van der Waals surface area contributed by atoms with E-state index in [4.69, 9.17) is 0 Å². The lowest BCUT2D eigenvalue weighted by Gasteiger charge is -2.32. The fraction of sp³-hybridized carbons (Fsp3) is 0.600. The molecule has 0 N–H and O–H groups in total. The second-order valence-electron chi connectivity index (χ2n) is 7.81. The first-order chi connectivity index (χ1) is 13.9. The molecule has 0 bridgehead atoms. The Balaban J connectivity index is 1.60. The Morgan fingerprint density at radius 1 is 1.10 bits per heavy atom. The first kappa shape index (κ1) is 21.9. The van der Waals surface area contributed by atoms with Crippen LogP contribution in [0.3, 0.4) is 0 Å². The zero-order chi connectivity index (χ0) is 20.9. The number of sulfonamides is 1. The van der Waals surface area contributed by atoms with E-state index in [2.05, 4.69) is 34.1 Å². The number of rotatable bonds is 9. The topological polar surface area (TPSA) is 74.6 Å². The van der Waals surface area contributed by atoms with E-state index in [0.29, 0.717) is 10.6 Å². The van der Waals surface area contributed by atoms with Gasteiger partial charge in [0.25, 0.3) is 0 Å². The molecule has 160 valence electrons. The second-order valence-corrected chi connectivity index (χ2v) is 9.86. The molecule has 1 aromatic heterocycles. The van der Waals surface area contributed by atoms with E-state index in [0.717, 1.165) is 57.7 Å². The Morgan fingerprint density at radius 3 is 2.45 bits per heavy atom. The van der Waals surface area contributed by atoms with Crippen molar-refractivity contribution in [2.45, 2.75) is 44.3 Å². The highest BCUT2D eigenvalue weighted by molar-refractivity contribution is 7.89. The molecule has 29 heavy (non-hydrogen) atoms. The maximum absolute atomic E-state index is 12.9. The maximum Gasteiger partial charge on any atom is 0.243 e. The molecule has 1 aromatic carbocycles. The van der Waals surface area contributed by atoms with Crippen LogP contribution in [0.1, 0.15) is 31.0 Å². The van der Waals surface area contributed by atoms with Crippen LogP contribution >= 0.6 is 0 Å². The molecule has 0 atom stereocenters. The van der Waals surface area contributed by atoms with E-state index in [1.807, 2.05) is 18.3 Å². The van der Waals surface area contributed by atoms with E-state index in [9.17, 15) is 8.42 Å². The van der Waals surface area contributed by atoms with Crippen LogP contribution in [0.5, 0.6) is 0 Å². The zero-order valence-corrected chi connectivity index (χ0v) is 18.5. The monoisotopic (exact) mass is 420 g/mol. The van der Waals surface area contributed by atoms with E-state index in [1.165, 1.54) is 4.31 Å². The molecular formula is C20H32N6O2S. The number of piperazine rings is 1. The molecule has 0 radical (unpaired) electrons. The van der Waals surface area contributed by atoms with Crippen LogP contribution in [0.2, 0.25) is 0 Å². The molecule has 1 fully saturated rings. The van der Waals surface area contributed by atoms with Crippen molar-refractivity contribution in [1.29, 1.82) is 0 Å². The Kier molecular flexibility index (Phi) is 7.39. The Labute approximate surface area is 174 Å². The summed E-state index contributed by atoms with van der Waals surface area (Å²) in [5, 5.41) is 8.17. The molecule has 0 unspecified atom stereocenters. The van der Waals surface area contributed by atoms with Crippen LogP contribution in [0.25, 0.3) is 0 Å². The number of aromatic nitrogens is 3. The molecule has 1 aliphatic heterocycles. The van der Waals surface area contributed by atoms with Gasteiger partial charge in [-0.2, -0.15) is 4.31 Å². The van der Waals surface area contributed by atoms with Gasteiger partial charge in [-0.05, 0) is 31.2 Å². The molecule has 0 spiro atoms. The SMILES string of the molecule is CCCCn1cc(CN(C)S(=O)(=O)c2ccc(CN3CCN(C)CC3)cc2)nn1. The Morgan fingerprint density at radius 2 is 1.79 bits per heavy atom. The van der Waals surface area contributed by atoms with Crippen molar-refractivity contribution in [3.05, 3.63) is 41.7 Å². The first-order valence-electron chi connectivity index (χ1n) is 10.2. The van der Waals surface area contributed by atoms with Crippen LogP contribution in [0, 0.1) is 0 Å². The molecule has 9 heteroatoms. The van der Waals surface area contributed by atoms with Gasteiger partial charge in [0, 0.05) is 52.5 Å². The van der Waals surface area contributed by atoms with Gasteiger partial charge in [0.05, 0.1) is 17.1 Å². The summed E-state index contributed by atoms with van der Waals surface area (Å²) in [6, 6.07) is 7.24. The highest BCUT2D eigenvalue weighted by Crippen LogP contribution is 2.18. The van der Waals surface area contributed by atoms with Crippen LogP contribution in [0.4, 0.5) is 0 Å². The van der Waals surface area contributed by atoms with Crippen LogP contribution in [-0.4, -0.2) is 77.8 Å². The molecule has 2 aromatic rings. The van der Waals surface area contributed by atoms with Crippen molar-refractivity contribution in [1.82, 2.24) is 29.1 Å². The molecule has 1 aliphatic rings. The molecule has 0 aliphatic carbocycles. The summed E-state index contributed by atoms with van der Waals surface area (Å²) in [6.45, 7) is 8.20. The van der Waals surface area contributed by atoms with Crippen LogP contribution in [0.15, 0.2) is 35.4 Å². The minimum atomic E-state index is -3.57. The molecule has 2 heterocycles. The van der Waals surface area contributed by atoms with Gasteiger partial charge in [0.2, 0.25) is 10.0 Å². The third-order valence-corrected chi connectivity index (χ3v) is 7.16. The molecule has 1 saturated heterocycles. The van der Waals surface area contributed by atoms with E-state index in [-0.39, 0.29) is 6.54 Å². The van der Waals surface area contributed by atoms with E-state index >= 15 is 0 Å². The van der Waals surface area contributed by atoms with Crippen molar-refractivity contribution in [2.75, 3.05) is 40.3 Å². The standard InChI is InChI=1S/C20H32N6O2S/c1-4-5-10-26-17-19(21-22-26)16-24(3)29(27,28)20-8-6-18(7-9-20)15-25-13-11-23(2)12-14-25/h6-9,17H,4-5,10-16H2,1-3H3. The highest BCUT2D eigenvalue weighted by Gasteiger charge is 2.22. The zero-order valence-electron chi connectivity index (χ0n) is 17.7. The predicted octanol–water partition coefficient (Wildman–Crippen LogP) is 1.65. The lowest BCUT2D eigenvalue weighted by Crippen LogP contribution is -2.43. The summed E-state index contributed by atoms with van der Waals surface area (Å²) < 4.78 is 28.9. The van der Waals surface area contributed by atoms with E-state index in [1.54, 1.807) is 23.9 Å². The number of aryl methyl sites for hydroxylation is 1. The average Bonchev–Trinajstić information content (AvgIpc) is 3.16. The van der Waals surface area contributed by atoms with Gasteiger partial charge in [-0.3, -0.25) is 9.58 Å². The Bertz CT molecular complexity index is 873. The van der Waals surface area contributed by atoms with Gasteiger partial charge in [0.15, 0.2) is 0 Å². The Hall–Kier alpha value is -1.81. The number of unbranched alkanes of at least 4 members (excludes halogenated alkanes) is 1. The predicted molar refractivity (Wildman–Crippen MR) is 113 cm³/mol. The molecule has 0 amide bonds. The summed E-state index contributed by atoms with van der Waals surface area (Å²) in [7, 11) is 0.154. The van der Waals surface area contributed by atoms with Gasteiger partial charge < -0.3 is 4.90 Å². The number of nitrogens with zero attached hydrogens (tertiary/aromatic N) is 6. The normalized spacial score (nSPS) is 16.6. The third-order valence-electron chi connectivity index (χ3n) is 5.35. The lowest BCUT2D eigenvalue weighted by molar-refractivity contribution is 0.148. The van der Waals surface area contributed by atoms with Crippen LogP contribution < -0.4 is 0 Å². The third kappa shape index (κ3) is 5.85. The first-order valence-corrected chi connectivity index (χ1v) is 11.7. The molecular weight excluding hydrogens is 388 g/mol. The second kappa shape index (κ2) is 9.80. The van der Waals surface area contributed by atoms with E-state index < -0.39 is 10.0 Å². The summed E-state index contributed by atoms with van der Waals surface area (Å²) in [6.07, 6.45) is 3.92. The number of benzene rings is 1. The summed E-state index contributed by atoms with van der Waals surface area (Å²) in [5.74, 6) is 0. The molecule has 8 nitrogen and oxygen atoms in total. The minimum Gasteiger partial charge on any atom is -0.304 e. The number of hydrogen-bond donors (Lipinski definition) is 0. The van der Waals surface area contributed by atoms with Crippen LogP contribution in [-0.2, 0) is 29.7 Å². The maximum atomic E-state index is 12.9. The minimum absolute atomic E-state index is 0.206. The fourth-order valence-electron chi connectivity index (χ4n) is 3.36. The molecule has 0 saturated carbocycles. The van der Waals surface area contributed by atoms with Gasteiger partial charge >= 0.3 is 0 Å². The van der Waals surface area contributed by atoms with Crippen molar-refractivity contribution in [2.24, 2.45) is 0 Å². The quantitative estimate of drug-likeness (QED) is 0.614. The van der Waals surface area contributed by atoms with Crippen molar-refractivity contribution in [3.8, 4) is 0 Å². The average molecular weight is 421 g/mol. The number of likely N-dealkylation sites (N-methyl/N-ethyl adjacent to an activating group) is 1. The smallest absolute Gasteiger partial charge is 0.243 e. The molecule has 3 rings (SSSR count). The van der Waals surface area contributed by atoms with Crippen molar-refractivity contribution in [3.63, 3.8) is 0 Å². The van der Waals surface area contributed by atoms with Gasteiger partial charge in [-0.25, -0.2) is 8.42 Å². The highest BCUT2D eigenvalue weighted by atomic mass is 32.2. The van der Waals surface area contributed by atoms with Gasteiger partial charge in [-0.15, -0.1) is 5.10 Å². The summed E-state index contributed by atoms with van der Waals surface area (Å²) in [5.41, 5.74) is 1.79. The largest absolute Gasteiger partial charge is 0.304 e. The fourth-order valence-corrected chi connectivity index (χ4v) is 4.51. The van der Waals surface area contributed by atoms with Crippen molar-refractivity contribution < 1.29 is 8.42 Å². The van der Waals surface area contributed by atoms with Gasteiger partial charge in [0.1, 0.15) is 0 Å².